The summed E-state index contributed by atoms with van der Waals surface area (Å²) >= 11 is 0. The first-order valence-electron chi connectivity index (χ1n) is 16.8. The molecule has 246 valence electrons. The molecule has 0 saturated carbocycles. The molecule has 3 aliphatic rings. The average molecular weight is 637 g/mol. The van der Waals surface area contributed by atoms with Gasteiger partial charge in [-0.25, -0.2) is 9.78 Å². The highest BCUT2D eigenvalue weighted by atomic mass is 16.6. The van der Waals surface area contributed by atoms with Gasteiger partial charge in [0.1, 0.15) is 6.61 Å². The van der Waals surface area contributed by atoms with Crippen LogP contribution in [0.2, 0.25) is 0 Å². The molecule has 3 aliphatic heterocycles. The van der Waals surface area contributed by atoms with Crippen molar-refractivity contribution in [1.82, 2.24) is 14.5 Å². The Kier molecular flexibility index (Phi) is 9.30. The fraction of sp³-hybridized carbons (Fsp3) is 0.421. The fourth-order valence-electron chi connectivity index (χ4n) is 7.06. The molecule has 2 atom stereocenters. The number of hydrogen-bond donors (Lipinski definition) is 2. The Morgan fingerprint density at radius 2 is 1.83 bits per heavy atom. The van der Waals surface area contributed by atoms with E-state index < -0.39 is 11.6 Å². The molecule has 47 heavy (non-hydrogen) atoms. The van der Waals surface area contributed by atoms with E-state index in [0.29, 0.717) is 23.4 Å². The van der Waals surface area contributed by atoms with Crippen molar-refractivity contribution in [3.63, 3.8) is 0 Å². The fourth-order valence-corrected chi connectivity index (χ4v) is 7.06. The molecule has 7 rings (SSSR count). The summed E-state index contributed by atoms with van der Waals surface area (Å²) in [5.41, 5.74) is 5.08. The number of fused-ring (bicyclic) bond motifs is 5. The zero-order valence-electron chi connectivity index (χ0n) is 27.8. The quantitative estimate of drug-likeness (QED) is 0.221. The number of pyridine rings is 2. The van der Waals surface area contributed by atoms with Gasteiger partial charge in [-0.1, -0.05) is 63.1 Å². The molecule has 0 aliphatic carbocycles. The molecular weight excluding hydrogens is 592 g/mol. The number of hydrogen-bond acceptors (Lipinski definition) is 7. The third-order valence-electron chi connectivity index (χ3n) is 9.86. The molecular formula is C38H44N4O5. The minimum atomic E-state index is -1.79. The van der Waals surface area contributed by atoms with E-state index in [1.807, 2.05) is 36.4 Å². The minimum Gasteiger partial charge on any atom is -0.458 e. The topological polar surface area (TPSA) is 114 Å². The van der Waals surface area contributed by atoms with Gasteiger partial charge >= 0.3 is 5.97 Å². The van der Waals surface area contributed by atoms with E-state index in [2.05, 4.69) is 43.1 Å². The molecule has 0 bridgehead atoms. The maximum Gasteiger partial charge on any atom is 0.343 e. The lowest BCUT2D eigenvalue weighted by Gasteiger charge is -2.34. The monoisotopic (exact) mass is 636 g/mol. The molecule has 2 aromatic heterocycles. The van der Waals surface area contributed by atoms with Crippen LogP contribution in [0.3, 0.4) is 0 Å². The molecule has 1 amide bonds. The molecule has 9 nitrogen and oxygen atoms in total. The number of esters is 1. The third kappa shape index (κ3) is 6.10. The molecule has 1 fully saturated rings. The van der Waals surface area contributed by atoms with Gasteiger partial charge in [0.2, 0.25) is 5.91 Å². The Morgan fingerprint density at radius 1 is 1.06 bits per heavy atom. The van der Waals surface area contributed by atoms with Crippen LogP contribution in [-0.2, 0) is 33.1 Å². The molecule has 1 saturated heterocycles. The van der Waals surface area contributed by atoms with Crippen molar-refractivity contribution >= 4 is 28.5 Å². The van der Waals surface area contributed by atoms with Crippen molar-refractivity contribution < 1.29 is 19.4 Å². The van der Waals surface area contributed by atoms with Crippen LogP contribution >= 0.6 is 0 Å². The molecule has 0 spiro atoms. The number of carbonyl (C=O) groups excluding carboxylic acids is 2. The third-order valence-corrected chi connectivity index (χ3v) is 9.86. The average Bonchev–Trinajstić information content (AvgIpc) is 3.44. The Balaban J connectivity index is 0.000000169. The van der Waals surface area contributed by atoms with Crippen molar-refractivity contribution in [1.29, 1.82) is 0 Å². The lowest BCUT2D eigenvalue weighted by atomic mass is 9.86. The number of ether oxygens (including phenoxy) is 1. The lowest BCUT2D eigenvalue weighted by Crippen LogP contribution is -2.47. The molecule has 4 aromatic rings. The largest absolute Gasteiger partial charge is 0.458 e. The second kappa shape index (κ2) is 13.4. The maximum absolute atomic E-state index is 13.0. The summed E-state index contributed by atoms with van der Waals surface area (Å²) in [6.07, 6.45) is 5.86. The Morgan fingerprint density at radius 3 is 2.57 bits per heavy atom. The van der Waals surface area contributed by atoms with Gasteiger partial charge < -0.3 is 19.7 Å². The van der Waals surface area contributed by atoms with Gasteiger partial charge in [-0.05, 0) is 81.9 Å². The maximum atomic E-state index is 13.0. The first-order chi connectivity index (χ1) is 22.7. The summed E-state index contributed by atoms with van der Waals surface area (Å²) in [6, 6.07) is 17.7. The van der Waals surface area contributed by atoms with Crippen molar-refractivity contribution in [2.45, 2.75) is 91.0 Å². The van der Waals surface area contributed by atoms with E-state index in [0.717, 1.165) is 64.9 Å². The predicted octanol–water partition coefficient (Wildman–Crippen LogP) is 5.98. The number of unbranched alkanes of at least 4 members (excludes halogenated alkanes) is 1. The number of nitrogens with zero attached hydrogens (tertiary/aromatic N) is 3. The van der Waals surface area contributed by atoms with Gasteiger partial charge in [-0.2, -0.15) is 0 Å². The summed E-state index contributed by atoms with van der Waals surface area (Å²) in [7, 11) is 0. The van der Waals surface area contributed by atoms with Gasteiger partial charge in [0.15, 0.2) is 5.60 Å². The number of aliphatic hydroxyl groups is 1. The SMILES string of the molecule is CCCCN1CCCCC1C(=O)Nc1c(C)cccc1C.CC[C@@]1(O)C(=O)OCc2c1cc1n(c2=O)Cc2cc3ccccc3nc2-1. The van der Waals surface area contributed by atoms with Crippen molar-refractivity contribution in [2.24, 2.45) is 0 Å². The zero-order chi connectivity index (χ0) is 33.3. The van der Waals surface area contributed by atoms with Gasteiger partial charge in [0.25, 0.3) is 5.56 Å². The van der Waals surface area contributed by atoms with Gasteiger partial charge in [-0.15, -0.1) is 0 Å². The number of amides is 1. The molecule has 9 heteroatoms. The number of carbonyl (C=O) groups is 2. The summed E-state index contributed by atoms with van der Waals surface area (Å²) in [5.74, 6) is -0.537. The van der Waals surface area contributed by atoms with Crippen LogP contribution in [0.15, 0.2) is 59.4 Å². The summed E-state index contributed by atoms with van der Waals surface area (Å²) in [6.45, 7) is 10.4. The van der Waals surface area contributed by atoms with E-state index in [1.54, 1.807) is 17.6 Å². The van der Waals surface area contributed by atoms with Crippen LogP contribution in [0.4, 0.5) is 5.69 Å². The van der Waals surface area contributed by atoms with Crippen LogP contribution in [0, 0.1) is 13.8 Å². The standard InChI is InChI=1S/C20H16N2O4.C18H28N2O/c1-2-20(25)14-8-16-17-12(7-11-5-3-4-6-15(11)21-17)9-22(16)18(23)13(14)10-26-19(20)24;1-4-5-12-20-13-7-6-11-16(20)18(21)19-17-14(2)9-8-10-15(17)3/h3-8,25H,2,9-10H2,1H3;8-10,16H,4-7,11-13H2,1-3H3,(H,19,21)/t20-;/m0./s1. The Bertz CT molecular complexity index is 1880. The number of likely N-dealkylation sites (tertiary alicyclic amines) is 1. The van der Waals surface area contributed by atoms with Gasteiger partial charge in [-0.3, -0.25) is 14.5 Å². The van der Waals surface area contributed by atoms with E-state index in [9.17, 15) is 19.5 Å². The normalized spacial score (nSPS) is 20.0. The van der Waals surface area contributed by atoms with Crippen molar-refractivity contribution in [2.75, 3.05) is 18.4 Å². The number of para-hydroxylation sites is 2. The molecule has 2 aromatic carbocycles. The van der Waals surface area contributed by atoms with Crippen molar-refractivity contribution in [3.8, 4) is 11.4 Å². The number of nitrogens with one attached hydrogen (secondary N) is 1. The highest BCUT2D eigenvalue weighted by molar-refractivity contribution is 5.96. The van der Waals surface area contributed by atoms with Gasteiger partial charge in [0, 0.05) is 22.2 Å². The number of aryl methyl sites for hydroxylation is 2. The first-order valence-corrected chi connectivity index (χ1v) is 16.8. The number of benzene rings is 2. The Hall–Kier alpha value is -4.34. The molecule has 1 unspecified atom stereocenters. The molecule has 0 radical (unpaired) electrons. The summed E-state index contributed by atoms with van der Waals surface area (Å²) in [4.78, 5) is 44.9. The van der Waals surface area contributed by atoms with E-state index in [4.69, 9.17) is 9.72 Å². The van der Waals surface area contributed by atoms with E-state index in [-0.39, 0.29) is 30.5 Å². The summed E-state index contributed by atoms with van der Waals surface area (Å²) in [5, 5.41) is 15.0. The number of aromatic nitrogens is 2. The number of piperidine rings is 1. The second-order valence-corrected chi connectivity index (χ2v) is 12.9. The summed E-state index contributed by atoms with van der Waals surface area (Å²) < 4.78 is 6.72. The van der Waals surface area contributed by atoms with E-state index in [1.165, 1.54) is 19.3 Å². The second-order valence-electron chi connectivity index (χ2n) is 12.9. The molecule has 2 N–H and O–H groups in total. The highest BCUT2D eigenvalue weighted by Crippen LogP contribution is 2.38. The number of rotatable bonds is 6. The predicted molar refractivity (Wildman–Crippen MR) is 183 cm³/mol. The minimum absolute atomic E-state index is 0.0457. The van der Waals surface area contributed by atoms with E-state index >= 15 is 0 Å². The first kappa shape index (κ1) is 32.6. The zero-order valence-corrected chi connectivity index (χ0v) is 27.8. The number of cyclic esters (lactones) is 1. The Labute approximate surface area is 275 Å². The van der Waals surface area contributed by atoms with Crippen molar-refractivity contribution in [3.05, 3.63) is 92.8 Å². The van der Waals surface area contributed by atoms with Crippen LogP contribution in [0.1, 0.15) is 80.2 Å². The van der Waals surface area contributed by atoms with Crippen LogP contribution in [0.5, 0.6) is 0 Å². The highest BCUT2D eigenvalue weighted by Gasteiger charge is 2.45. The smallest absolute Gasteiger partial charge is 0.343 e. The van der Waals surface area contributed by atoms with Crippen LogP contribution in [0.25, 0.3) is 22.3 Å². The van der Waals surface area contributed by atoms with Gasteiger partial charge in [0.05, 0.1) is 35.1 Å². The molecule has 5 heterocycles. The van der Waals surface area contributed by atoms with Crippen LogP contribution < -0.4 is 10.9 Å². The van der Waals surface area contributed by atoms with Crippen LogP contribution in [-0.4, -0.2) is 50.6 Å². The lowest BCUT2D eigenvalue weighted by molar-refractivity contribution is -0.172. The number of anilines is 1.